The third-order valence-electron chi connectivity index (χ3n) is 4.89. The van der Waals surface area contributed by atoms with Crippen molar-refractivity contribution >= 4 is 33.4 Å². The zero-order valence-electron chi connectivity index (χ0n) is 14.8. The van der Waals surface area contributed by atoms with E-state index in [0.29, 0.717) is 16.8 Å². The molecule has 2 amide bonds. The highest BCUT2D eigenvalue weighted by atomic mass is 79.9. The topological polar surface area (TPSA) is 58.2 Å². The highest BCUT2D eigenvalue weighted by Crippen LogP contribution is 2.25. The van der Waals surface area contributed by atoms with Crippen LogP contribution in [0.15, 0.2) is 53.0 Å². The van der Waals surface area contributed by atoms with Crippen molar-refractivity contribution in [3.05, 3.63) is 64.1 Å². The van der Waals surface area contributed by atoms with Gasteiger partial charge in [-0.1, -0.05) is 31.2 Å². The molecule has 0 spiro atoms. The quantitative estimate of drug-likeness (QED) is 0.738. The molecule has 0 aromatic heterocycles. The molecular formula is C21H23BrN2O2. The van der Waals surface area contributed by atoms with Crippen LogP contribution < -0.4 is 10.6 Å². The number of amides is 2. The Morgan fingerprint density at radius 2 is 1.50 bits per heavy atom. The van der Waals surface area contributed by atoms with Crippen LogP contribution in [0.3, 0.4) is 0 Å². The maximum Gasteiger partial charge on any atom is 0.256 e. The fourth-order valence-electron chi connectivity index (χ4n) is 3.29. The van der Waals surface area contributed by atoms with Gasteiger partial charge in [-0.2, -0.15) is 0 Å². The minimum absolute atomic E-state index is 0.132. The second-order valence-electron chi connectivity index (χ2n) is 6.91. The Morgan fingerprint density at radius 1 is 0.885 bits per heavy atom. The molecule has 0 aliphatic heterocycles. The first-order chi connectivity index (χ1) is 12.5. The van der Waals surface area contributed by atoms with E-state index in [1.54, 1.807) is 18.2 Å². The van der Waals surface area contributed by atoms with Crippen LogP contribution in [0.25, 0.3) is 0 Å². The van der Waals surface area contributed by atoms with Gasteiger partial charge in [0.25, 0.3) is 11.8 Å². The zero-order valence-corrected chi connectivity index (χ0v) is 16.4. The first kappa shape index (κ1) is 18.6. The number of carbonyl (C=O) groups is 2. The Labute approximate surface area is 162 Å². The van der Waals surface area contributed by atoms with Gasteiger partial charge in [0.2, 0.25) is 0 Å². The monoisotopic (exact) mass is 414 g/mol. The molecule has 1 fully saturated rings. The van der Waals surface area contributed by atoms with Crippen LogP contribution in [-0.4, -0.2) is 17.9 Å². The highest BCUT2D eigenvalue weighted by Gasteiger charge is 2.22. The molecule has 1 saturated carbocycles. The molecule has 2 aromatic carbocycles. The minimum atomic E-state index is -0.246. The summed E-state index contributed by atoms with van der Waals surface area (Å²) in [5, 5.41) is 5.98. The van der Waals surface area contributed by atoms with Crippen LogP contribution in [0.5, 0.6) is 0 Å². The molecule has 1 aliphatic rings. The molecule has 4 nitrogen and oxygen atoms in total. The molecule has 3 rings (SSSR count). The average molecular weight is 415 g/mol. The number of para-hydroxylation sites is 1. The Balaban J connectivity index is 1.72. The van der Waals surface area contributed by atoms with Crippen LogP contribution in [-0.2, 0) is 0 Å². The normalized spacial score (nSPS) is 19.6. The van der Waals surface area contributed by atoms with Crippen molar-refractivity contribution in [1.29, 1.82) is 0 Å². The molecule has 2 N–H and O–H groups in total. The standard InChI is InChI=1S/C21H23BrN2O2/c1-14-10-12-15(13-11-14)23-21(26)17-7-3-5-9-19(17)24-20(25)16-6-2-4-8-18(16)22/h2-9,14-15H,10-13H2,1H3,(H,23,26)(H,24,25). The number of carbonyl (C=O) groups excluding carboxylic acids is 2. The molecule has 2 aromatic rings. The molecule has 0 atom stereocenters. The first-order valence-electron chi connectivity index (χ1n) is 9.00. The van der Waals surface area contributed by atoms with E-state index in [1.807, 2.05) is 30.3 Å². The largest absolute Gasteiger partial charge is 0.349 e. The summed E-state index contributed by atoms with van der Waals surface area (Å²) in [7, 11) is 0. The molecule has 1 aliphatic carbocycles. The predicted octanol–water partition coefficient (Wildman–Crippen LogP) is 5.01. The van der Waals surface area contributed by atoms with E-state index in [0.717, 1.165) is 36.1 Å². The summed E-state index contributed by atoms with van der Waals surface area (Å²) in [6, 6.07) is 14.6. The molecule has 0 saturated heterocycles. The maximum absolute atomic E-state index is 12.7. The van der Waals surface area contributed by atoms with Crippen LogP contribution in [0.4, 0.5) is 5.69 Å². The molecule has 0 bridgehead atoms. The van der Waals surface area contributed by atoms with Crippen molar-refractivity contribution in [2.45, 2.75) is 38.6 Å². The summed E-state index contributed by atoms with van der Waals surface area (Å²) < 4.78 is 0.718. The van der Waals surface area contributed by atoms with Crippen molar-refractivity contribution < 1.29 is 9.59 Å². The van der Waals surface area contributed by atoms with Crippen LogP contribution >= 0.6 is 15.9 Å². The average Bonchev–Trinajstić information content (AvgIpc) is 2.64. The number of halogens is 1. The maximum atomic E-state index is 12.7. The summed E-state index contributed by atoms with van der Waals surface area (Å²) in [6.07, 6.45) is 4.31. The number of rotatable bonds is 4. The van der Waals surface area contributed by atoms with Crippen molar-refractivity contribution in [2.24, 2.45) is 5.92 Å². The second kappa shape index (κ2) is 8.49. The van der Waals surface area contributed by atoms with Gasteiger partial charge < -0.3 is 10.6 Å². The number of hydrogen-bond donors (Lipinski definition) is 2. The summed E-state index contributed by atoms with van der Waals surface area (Å²) in [4.78, 5) is 25.3. The van der Waals surface area contributed by atoms with Crippen molar-refractivity contribution in [2.75, 3.05) is 5.32 Å². The van der Waals surface area contributed by atoms with Gasteiger partial charge in [-0.05, 0) is 71.8 Å². The Hall–Kier alpha value is -2.14. The van der Waals surface area contributed by atoms with E-state index in [2.05, 4.69) is 33.5 Å². The van der Waals surface area contributed by atoms with E-state index in [-0.39, 0.29) is 17.9 Å². The van der Waals surface area contributed by atoms with Gasteiger partial charge in [0.15, 0.2) is 0 Å². The van der Waals surface area contributed by atoms with Gasteiger partial charge in [-0.25, -0.2) is 0 Å². The van der Waals surface area contributed by atoms with E-state index in [4.69, 9.17) is 0 Å². The molecule has 0 unspecified atom stereocenters. The van der Waals surface area contributed by atoms with Gasteiger partial charge in [-0.15, -0.1) is 0 Å². The van der Waals surface area contributed by atoms with Gasteiger partial charge in [0, 0.05) is 10.5 Å². The van der Waals surface area contributed by atoms with Gasteiger partial charge >= 0.3 is 0 Å². The summed E-state index contributed by atoms with van der Waals surface area (Å²) in [5.74, 6) is 0.357. The Kier molecular flexibility index (Phi) is 6.09. The summed E-state index contributed by atoms with van der Waals surface area (Å²) >= 11 is 3.39. The van der Waals surface area contributed by atoms with Crippen LogP contribution in [0.2, 0.25) is 0 Å². The van der Waals surface area contributed by atoms with Crippen LogP contribution in [0.1, 0.15) is 53.3 Å². The van der Waals surface area contributed by atoms with Gasteiger partial charge in [-0.3, -0.25) is 9.59 Å². The minimum Gasteiger partial charge on any atom is -0.349 e. The van der Waals surface area contributed by atoms with Crippen molar-refractivity contribution in [3.63, 3.8) is 0 Å². The Bertz CT molecular complexity index is 798. The predicted molar refractivity (Wildman–Crippen MR) is 107 cm³/mol. The van der Waals surface area contributed by atoms with E-state index in [1.165, 1.54) is 0 Å². The third kappa shape index (κ3) is 4.52. The lowest BCUT2D eigenvalue weighted by Gasteiger charge is -2.27. The molecule has 0 radical (unpaired) electrons. The lowest BCUT2D eigenvalue weighted by molar-refractivity contribution is 0.0924. The molecule has 26 heavy (non-hydrogen) atoms. The van der Waals surface area contributed by atoms with Crippen molar-refractivity contribution in [1.82, 2.24) is 5.32 Å². The fourth-order valence-corrected chi connectivity index (χ4v) is 3.76. The van der Waals surface area contributed by atoms with E-state index >= 15 is 0 Å². The highest BCUT2D eigenvalue weighted by molar-refractivity contribution is 9.10. The second-order valence-corrected chi connectivity index (χ2v) is 7.76. The van der Waals surface area contributed by atoms with Crippen LogP contribution in [0, 0.1) is 5.92 Å². The smallest absolute Gasteiger partial charge is 0.256 e. The SMILES string of the molecule is CC1CCC(NC(=O)c2ccccc2NC(=O)c2ccccc2Br)CC1. The number of benzene rings is 2. The molecule has 5 heteroatoms. The number of nitrogens with one attached hydrogen (secondary N) is 2. The molecule has 136 valence electrons. The summed E-state index contributed by atoms with van der Waals surface area (Å²) in [5.41, 5.74) is 1.55. The number of anilines is 1. The van der Waals surface area contributed by atoms with E-state index < -0.39 is 0 Å². The Morgan fingerprint density at radius 3 is 2.19 bits per heavy atom. The molecule has 0 heterocycles. The number of hydrogen-bond acceptors (Lipinski definition) is 2. The lowest BCUT2D eigenvalue weighted by Crippen LogP contribution is -2.37. The molecular weight excluding hydrogens is 392 g/mol. The third-order valence-corrected chi connectivity index (χ3v) is 5.58. The first-order valence-corrected chi connectivity index (χ1v) is 9.79. The lowest BCUT2D eigenvalue weighted by atomic mass is 9.87. The van der Waals surface area contributed by atoms with Gasteiger partial charge in [0.1, 0.15) is 0 Å². The zero-order chi connectivity index (χ0) is 18.5. The van der Waals surface area contributed by atoms with Crippen molar-refractivity contribution in [3.8, 4) is 0 Å². The van der Waals surface area contributed by atoms with E-state index in [9.17, 15) is 9.59 Å². The summed E-state index contributed by atoms with van der Waals surface area (Å²) in [6.45, 7) is 2.25. The van der Waals surface area contributed by atoms with Gasteiger partial charge in [0.05, 0.1) is 16.8 Å². The fraction of sp³-hybridized carbons (Fsp3) is 0.333.